The molecular formula is C16H30N2O3. The van der Waals surface area contributed by atoms with Crippen LogP contribution in [0.2, 0.25) is 0 Å². The number of hydrogen-bond acceptors (Lipinski definition) is 4. The van der Waals surface area contributed by atoms with E-state index in [2.05, 4.69) is 4.90 Å². The summed E-state index contributed by atoms with van der Waals surface area (Å²) < 4.78 is 5.43. The second-order valence-corrected chi connectivity index (χ2v) is 6.64. The molecule has 0 aromatic carbocycles. The minimum absolute atomic E-state index is 0.156. The van der Waals surface area contributed by atoms with Crippen LogP contribution in [-0.2, 0) is 9.53 Å². The van der Waals surface area contributed by atoms with Gasteiger partial charge in [-0.05, 0) is 52.6 Å². The molecule has 0 saturated carbocycles. The third-order valence-electron chi connectivity index (χ3n) is 4.45. The summed E-state index contributed by atoms with van der Waals surface area (Å²) in [5.41, 5.74) is 0. The fraction of sp³-hybridized carbons (Fsp3) is 0.938. The van der Waals surface area contributed by atoms with Gasteiger partial charge in [-0.1, -0.05) is 0 Å². The first-order valence-corrected chi connectivity index (χ1v) is 8.37. The van der Waals surface area contributed by atoms with Gasteiger partial charge in [-0.15, -0.1) is 0 Å². The molecule has 1 atom stereocenters. The van der Waals surface area contributed by atoms with Gasteiger partial charge in [-0.25, -0.2) is 0 Å². The van der Waals surface area contributed by atoms with Crippen LogP contribution >= 0.6 is 0 Å². The van der Waals surface area contributed by atoms with Gasteiger partial charge < -0.3 is 19.6 Å². The second kappa shape index (κ2) is 8.11. The number of amides is 1. The molecule has 2 aliphatic heterocycles. The van der Waals surface area contributed by atoms with Crippen LogP contribution in [0.5, 0.6) is 0 Å². The van der Waals surface area contributed by atoms with Gasteiger partial charge in [0.05, 0.1) is 18.8 Å². The Balaban J connectivity index is 1.66. The van der Waals surface area contributed by atoms with E-state index >= 15 is 0 Å². The van der Waals surface area contributed by atoms with E-state index in [9.17, 15) is 9.90 Å². The van der Waals surface area contributed by atoms with Crippen molar-refractivity contribution in [2.75, 3.05) is 39.3 Å². The molecule has 21 heavy (non-hydrogen) atoms. The van der Waals surface area contributed by atoms with E-state index in [-0.39, 0.29) is 12.0 Å². The lowest BCUT2D eigenvalue weighted by Crippen LogP contribution is -2.44. The summed E-state index contributed by atoms with van der Waals surface area (Å²) in [7, 11) is 0. The zero-order valence-corrected chi connectivity index (χ0v) is 13.5. The standard InChI is InChI=1S/C16H30N2O3/c1-13(2)21-12-15(19)11-17-9-5-14(6-10-17)16(20)18-7-3-4-8-18/h13-15,19H,3-12H2,1-2H3. The Kier molecular flexibility index (Phi) is 6.45. The number of β-amino-alcohol motifs (C(OH)–C–C–N with tert-alkyl or cyclic N) is 1. The Morgan fingerprint density at radius 1 is 1.19 bits per heavy atom. The molecule has 2 fully saturated rings. The van der Waals surface area contributed by atoms with Crippen LogP contribution in [0.1, 0.15) is 39.5 Å². The third-order valence-corrected chi connectivity index (χ3v) is 4.45. The average molecular weight is 298 g/mol. The van der Waals surface area contributed by atoms with E-state index in [4.69, 9.17) is 4.74 Å². The number of likely N-dealkylation sites (tertiary alicyclic amines) is 2. The molecule has 5 nitrogen and oxygen atoms in total. The van der Waals surface area contributed by atoms with Gasteiger partial charge in [0.2, 0.25) is 5.91 Å². The molecule has 0 radical (unpaired) electrons. The van der Waals surface area contributed by atoms with Crippen molar-refractivity contribution in [2.24, 2.45) is 5.92 Å². The molecule has 1 N–H and O–H groups in total. The predicted octanol–water partition coefficient (Wildman–Crippen LogP) is 1.11. The number of ether oxygens (including phenoxy) is 1. The highest BCUT2D eigenvalue weighted by molar-refractivity contribution is 5.79. The summed E-state index contributed by atoms with van der Waals surface area (Å²) in [6.45, 7) is 8.70. The van der Waals surface area contributed by atoms with Crippen LogP contribution in [0, 0.1) is 5.92 Å². The van der Waals surface area contributed by atoms with E-state index < -0.39 is 6.10 Å². The van der Waals surface area contributed by atoms with Crippen molar-refractivity contribution in [1.82, 2.24) is 9.80 Å². The number of hydrogen-bond donors (Lipinski definition) is 1. The molecule has 5 heteroatoms. The van der Waals surface area contributed by atoms with E-state index in [0.29, 0.717) is 19.1 Å². The molecule has 0 aliphatic carbocycles. The van der Waals surface area contributed by atoms with Gasteiger partial charge in [0.1, 0.15) is 0 Å². The van der Waals surface area contributed by atoms with Crippen molar-refractivity contribution < 1.29 is 14.6 Å². The number of carbonyl (C=O) groups is 1. The highest BCUT2D eigenvalue weighted by atomic mass is 16.5. The van der Waals surface area contributed by atoms with Crippen molar-refractivity contribution in [3.63, 3.8) is 0 Å². The van der Waals surface area contributed by atoms with Crippen LogP contribution in [0.4, 0.5) is 0 Å². The minimum Gasteiger partial charge on any atom is -0.389 e. The monoisotopic (exact) mass is 298 g/mol. The van der Waals surface area contributed by atoms with Gasteiger partial charge in [-0.3, -0.25) is 4.79 Å². The number of carbonyl (C=O) groups excluding carboxylic acids is 1. The first-order valence-electron chi connectivity index (χ1n) is 8.37. The topological polar surface area (TPSA) is 53.0 Å². The van der Waals surface area contributed by atoms with Crippen LogP contribution < -0.4 is 0 Å². The van der Waals surface area contributed by atoms with E-state index in [1.54, 1.807) is 0 Å². The lowest BCUT2D eigenvalue weighted by molar-refractivity contribution is -0.136. The Bertz CT molecular complexity index is 321. The molecule has 0 aromatic heterocycles. The summed E-state index contributed by atoms with van der Waals surface area (Å²) in [4.78, 5) is 16.6. The van der Waals surface area contributed by atoms with Crippen LogP contribution in [-0.4, -0.2) is 72.4 Å². The second-order valence-electron chi connectivity index (χ2n) is 6.64. The summed E-state index contributed by atoms with van der Waals surface area (Å²) in [5, 5.41) is 9.96. The first kappa shape index (κ1) is 16.7. The van der Waals surface area contributed by atoms with Crippen LogP contribution in [0.25, 0.3) is 0 Å². The Hall–Kier alpha value is -0.650. The maximum Gasteiger partial charge on any atom is 0.225 e. The van der Waals surface area contributed by atoms with E-state index in [1.807, 2.05) is 18.7 Å². The zero-order chi connectivity index (χ0) is 15.2. The molecule has 2 rings (SSSR count). The maximum absolute atomic E-state index is 12.3. The Morgan fingerprint density at radius 2 is 1.81 bits per heavy atom. The molecule has 2 heterocycles. The van der Waals surface area contributed by atoms with Crippen molar-refractivity contribution in [1.29, 1.82) is 0 Å². The fourth-order valence-electron chi connectivity index (χ4n) is 3.21. The zero-order valence-electron chi connectivity index (χ0n) is 13.5. The summed E-state index contributed by atoms with van der Waals surface area (Å²) >= 11 is 0. The fourth-order valence-corrected chi connectivity index (χ4v) is 3.21. The quantitative estimate of drug-likeness (QED) is 0.798. The van der Waals surface area contributed by atoms with Crippen LogP contribution in [0.3, 0.4) is 0 Å². The lowest BCUT2D eigenvalue weighted by atomic mass is 9.95. The first-order chi connectivity index (χ1) is 10.1. The molecular weight excluding hydrogens is 268 g/mol. The van der Waals surface area contributed by atoms with Gasteiger partial charge in [-0.2, -0.15) is 0 Å². The molecule has 2 saturated heterocycles. The number of aliphatic hydroxyl groups is 1. The summed E-state index contributed by atoms with van der Waals surface area (Å²) in [5.74, 6) is 0.555. The SMILES string of the molecule is CC(C)OCC(O)CN1CCC(C(=O)N2CCCC2)CC1. The Morgan fingerprint density at radius 3 is 2.38 bits per heavy atom. The van der Waals surface area contributed by atoms with Gasteiger partial charge >= 0.3 is 0 Å². The molecule has 2 aliphatic rings. The van der Waals surface area contributed by atoms with Gasteiger partial charge in [0.25, 0.3) is 0 Å². The minimum atomic E-state index is -0.432. The average Bonchev–Trinajstić information content (AvgIpc) is 2.99. The molecule has 0 aromatic rings. The molecule has 1 unspecified atom stereocenters. The molecule has 1 amide bonds. The number of aliphatic hydroxyl groups excluding tert-OH is 1. The Labute approximate surface area is 128 Å². The number of nitrogens with zero attached hydrogens (tertiary/aromatic N) is 2. The lowest BCUT2D eigenvalue weighted by Gasteiger charge is -2.34. The van der Waals surface area contributed by atoms with Crippen molar-refractivity contribution in [2.45, 2.75) is 51.7 Å². The number of piperidine rings is 1. The summed E-state index contributed by atoms with van der Waals surface area (Å²) in [6, 6.07) is 0. The highest BCUT2D eigenvalue weighted by Gasteiger charge is 2.30. The smallest absolute Gasteiger partial charge is 0.225 e. The largest absolute Gasteiger partial charge is 0.389 e. The van der Waals surface area contributed by atoms with Gasteiger partial charge in [0.15, 0.2) is 0 Å². The third kappa shape index (κ3) is 5.24. The predicted molar refractivity (Wildman–Crippen MR) is 82.1 cm³/mol. The van der Waals surface area contributed by atoms with E-state index in [1.165, 1.54) is 0 Å². The molecule has 0 bridgehead atoms. The number of rotatable bonds is 6. The normalized spacial score (nSPS) is 23.0. The van der Waals surface area contributed by atoms with Crippen molar-refractivity contribution in [3.05, 3.63) is 0 Å². The maximum atomic E-state index is 12.3. The molecule has 0 spiro atoms. The molecule has 122 valence electrons. The summed E-state index contributed by atoms with van der Waals surface area (Å²) in [6.07, 6.45) is 3.89. The van der Waals surface area contributed by atoms with Crippen molar-refractivity contribution in [3.8, 4) is 0 Å². The highest BCUT2D eigenvalue weighted by Crippen LogP contribution is 2.22. The van der Waals surface area contributed by atoms with E-state index in [0.717, 1.165) is 51.9 Å². The van der Waals surface area contributed by atoms with Gasteiger partial charge in [0, 0.05) is 25.6 Å². The van der Waals surface area contributed by atoms with Crippen LogP contribution in [0.15, 0.2) is 0 Å². The van der Waals surface area contributed by atoms with Crippen molar-refractivity contribution >= 4 is 5.91 Å².